The molecule has 0 N–H and O–H groups in total. The fourth-order valence-corrected chi connectivity index (χ4v) is 4.16. The van der Waals surface area contributed by atoms with Gasteiger partial charge >= 0.3 is 0 Å². The topological polar surface area (TPSA) is 43.9 Å². The molecule has 0 saturated heterocycles. The van der Waals surface area contributed by atoms with E-state index in [-0.39, 0.29) is 11.3 Å². The molecular weight excluding hydrogens is 376 g/mol. The Hall–Kier alpha value is -2.45. The smallest absolute Gasteiger partial charge is 0.192 e. The second-order valence-electron chi connectivity index (χ2n) is 5.44. The van der Waals surface area contributed by atoms with Crippen LogP contribution in [0.15, 0.2) is 63.7 Å². The quantitative estimate of drug-likeness (QED) is 0.424. The van der Waals surface area contributed by atoms with Crippen LogP contribution in [0.1, 0.15) is 11.3 Å². The Kier molecular flexibility index (Phi) is 4.85. The maximum Gasteiger partial charge on any atom is 0.192 e. The number of hydrogen-bond acceptors (Lipinski definition) is 5. The molecule has 0 aliphatic carbocycles. The van der Waals surface area contributed by atoms with Gasteiger partial charge in [-0.1, -0.05) is 23.9 Å². The second-order valence-corrected chi connectivity index (χ2v) is 7.33. The van der Waals surface area contributed by atoms with Gasteiger partial charge in [0.05, 0.1) is 17.7 Å². The van der Waals surface area contributed by atoms with E-state index in [1.807, 2.05) is 34.2 Å². The second kappa shape index (κ2) is 7.43. The number of hydrogen-bond donors (Lipinski definition) is 0. The molecule has 132 valence electrons. The monoisotopic (exact) mass is 389 g/mol. The van der Waals surface area contributed by atoms with Gasteiger partial charge in [-0.05, 0) is 35.7 Å². The summed E-state index contributed by atoms with van der Waals surface area (Å²) in [5, 5.41) is 11.0. The number of thiophene rings is 1. The minimum atomic E-state index is -0.562. The van der Waals surface area contributed by atoms with Crippen LogP contribution in [0, 0.1) is 11.6 Å². The van der Waals surface area contributed by atoms with E-state index in [1.165, 1.54) is 30.0 Å². The molecule has 0 fully saturated rings. The molecule has 0 bridgehead atoms. The Bertz CT molecular complexity index is 978. The molecule has 3 heterocycles. The molecule has 0 spiro atoms. The van der Waals surface area contributed by atoms with Crippen LogP contribution in [-0.4, -0.2) is 14.8 Å². The Morgan fingerprint density at radius 2 is 1.88 bits per heavy atom. The molecule has 0 atom stereocenters. The van der Waals surface area contributed by atoms with Crippen molar-refractivity contribution in [2.45, 2.75) is 17.5 Å². The van der Waals surface area contributed by atoms with Crippen LogP contribution in [-0.2, 0) is 12.3 Å². The van der Waals surface area contributed by atoms with Crippen LogP contribution < -0.4 is 0 Å². The van der Waals surface area contributed by atoms with E-state index in [0.29, 0.717) is 17.5 Å². The van der Waals surface area contributed by atoms with Crippen molar-refractivity contribution in [2.24, 2.45) is 0 Å². The standard InChI is InChI=1S/C18H13F2N3OS2/c19-14-5-1-6-15(20)13(14)11-26-18-22-21-17(16-7-3-9-25-16)23(18)10-12-4-2-8-24-12/h1-9H,10-11H2. The third kappa shape index (κ3) is 3.42. The zero-order chi connectivity index (χ0) is 17.9. The van der Waals surface area contributed by atoms with Crippen molar-refractivity contribution in [1.82, 2.24) is 14.8 Å². The number of thioether (sulfide) groups is 1. The summed E-state index contributed by atoms with van der Waals surface area (Å²) >= 11 is 2.79. The van der Waals surface area contributed by atoms with E-state index in [9.17, 15) is 8.78 Å². The number of nitrogens with zero attached hydrogens (tertiary/aromatic N) is 3. The number of halogens is 2. The highest BCUT2D eigenvalue weighted by atomic mass is 32.2. The van der Waals surface area contributed by atoms with E-state index in [4.69, 9.17) is 4.42 Å². The van der Waals surface area contributed by atoms with Gasteiger partial charge in [-0.15, -0.1) is 21.5 Å². The van der Waals surface area contributed by atoms with Gasteiger partial charge in [0.2, 0.25) is 0 Å². The van der Waals surface area contributed by atoms with Crippen molar-refractivity contribution in [3.05, 3.63) is 77.1 Å². The summed E-state index contributed by atoms with van der Waals surface area (Å²) in [5.74, 6) is 0.453. The van der Waals surface area contributed by atoms with E-state index >= 15 is 0 Å². The van der Waals surface area contributed by atoms with Gasteiger partial charge in [-0.3, -0.25) is 4.57 Å². The molecule has 0 amide bonds. The fraction of sp³-hybridized carbons (Fsp3) is 0.111. The van der Waals surface area contributed by atoms with Crippen LogP contribution in [0.25, 0.3) is 10.7 Å². The van der Waals surface area contributed by atoms with Crippen molar-refractivity contribution in [2.75, 3.05) is 0 Å². The van der Waals surface area contributed by atoms with Gasteiger partial charge in [-0.2, -0.15) is 0 Å². The highest BCUT2D eigenvalue weighted by molar-refractivity contribution is 7.98. The van der Waals surface area contributed by atoms with Gasteiger partial charge < -0.3 is 4.42 Å². The first-order valence-corrected chi connectivity index (χ1v) is 9.64. The Morgan fingerprint density at radius 1 is 1.04 bits per heavy atom. The summed E-state index contributed by atoms with van der Waals surface area (Å²) in [6.07, 6.45) is 1.60. The summed E-state index contributed by atoms with van der Waals surface area (Å²) in [6, 6.07) is 11.4. The SMILES string of the molecule is Fc1cccc(F)c1CSc1nnc(-c2cccs2)n1Cc1ccco1. The van der Waals surface area contributed by atoms with Crippen molar-refractivity contribution >= 4 is 23.1 Å². The first-order chi connectivity index (χ1) is 12.7. The lowest BCUT2D eigenvalue weighted by Gasteiger charge is -2.08. The zero-order valence-electron chi connectivity index (χ0n) is 13.4. The van der Waals surface area contributed by atoms with E-state index < -0.39 is 11.6 Å². The molecule has 4 aromatic rings. The molecule has 0 radical (unpaired) electrons. The number of benzene rings is 1. The average molecular weight is 389 g/mol. The maximum atomic E-state index is 13.9. The predicted octanol–water partition coefficient (Wildman–Crippen LogP) is 5.22. The zero-order valence-corrected chi connectivity index (χ0v) is 15.1. The number of furan rings is 1. The lowest BCUT2D eigenvalue weighted by molar-refractivity contribution is 0.485. The summed E-state index contributed by atoms with van der Waals surface area (Å²) in [4.78, 5) is 0.966. The largest absolute Gasteiger partial charge is 0.467 e. The molecule has 4 nitrogen and oxygen atoms in total. The Balaban J connectivity index is 1.65. The van der Waals surface area contributed by atoms with Gasteiger partial charge in [0.1, 0.15) is 17.4 Å². The van der Waals surface area contributed by atoms with E-state index in [2.05, 4.69) is 10.2 Å². The first kappa shape index (κ1) is 17.0. The lowest BCUT2D eigenvalue weighted by atomic mass is 10.2. The molecular formula is C18H13F2N3OS2. The Morgan fingerprint density at radius 3 is 2.58 bits per heavy atom. The van der Waals surface area contributed by atoms with Gasteiger partial charge in [-0.25, -0.2) is 8.78 Å². The molecule has 0 aliphatic heterocycles. The van der Waals surface area contributed by atoms with Gasteiger partial charge in [0, 0.05) is 11.3 Å². The van der Waals surface area contributed by atoms with Crippen molar-refractivity contribution in [3.63, 3.8) is 0 Å². The van der Waals surface area contributed by atoms with Gasteiger partial charge in [0.15, 0.2) is 11.0 Å². The average Bonchev–Trinajstić information content (AvgIpc) is 3.37. The van der Waals surface area contributed by atoms with Gasteiger partial charge in [0.25, 0.3) is 0 Å². The Labute approximate surface area is 156 Å². The lowest BCUT2D eigenvalue weighted by Crippen LogP contribution is -2.03. The molecule has 26 heavy (non-hydrogen) atoms. The minimum Gasteiger partial charge on any atom is -0.467 e. The van der Waals surface area contributed by atoms with Crippen molar-refractivity contribution in [3.8, 4) is 10.7 Å². The maximum absolute atomic E-state index is 13.9. The van der Waals surface area contributed by atoms with Crippen LogP contribution in [0.3, 0.4) is 0 Å². The molecule has 0 aliphatic rings. The van der Waals surface area contributed by atoms with Crippen LogP contribution in [0.4, 0.5) is 8.78 Å². The molecule has 1 aromatic carbocycles. The van der Waals surface area contributed by atoms with Crippen molar-refractivity contribution in [1.29, 1.82) is 0 Å². The molecule has 8 heteroatoms. The third-order valence-corrected chi connectivity index (χ3v) is 5.62. The number of aromatic nitrogens is 3. The van der Waals surface area contributed by atoms with E-state index in [1.54, 1.807) is 17.6 Å². The normalized spacial score (nSPS) is 11.2. The minimum absolute atomic E-state index is 0.0303. The van der Waals surface area contributed by atoms with Crippen LogP contribution in [0.2, 0.25) is 0 Å². The number of rotatable bonds is 6. The fourth-order valence-electron chi connectivity index (χ4n) is 2.49. The van der Waals surface area contributed by atoms with Crippen LogP contribution >= 0.6 is 23.1 Å². The summed E-state index contributed by atoms with van der Waals surface area (Å²) in [5.41, 5.74) is 0.0303. The first-order valence-electron chi connectivity index (χ1n) is 7.77. The molecule has 3 aromatic heterocycles. The highest BCUT2D eigenvalue weighted by Crippen LogP contribution is 2.30. The molecule has 0 saturated carbocycles. The van der Waals surface area contributed by atoms with Crippen LogP contribution in [0.5, 0.6) is 0 Å². The highest BCUT2D eigenvalue weighted by Gasteiger charge is 2.18. The predicted molar refractivity (Wildman–Crippen MR) is 97.1 cm³/mol. The van der Waals surface area contributed by atoms with Crippen molar-refractivity contribution < 1.29 is 13.2 Å². The molecule has 0 unspecified atom stereocenters. The summed E-state index contributed by atoms with van der Waals surface area (Å²) < 4.78 is 35.1. The summed E-state index contributed by atoms with van der Waals surface area (Å²) in [6.45, 7) is 0.440. The van der Waals surface area contributed by atoms with E-state index in [0.717, 1.165) is 10.6 Å². The third-order valence-electron chi connectivity index (χ3n) is 3.76. The summed E-state index contributed by atoms with van der Waals surface area (Å²) in [7, 11) is 0. The molecule has 4 rings (SSSR count).